The molecule has 4 N–H and O–H groups in total. The van der Waals surface area contributed by atoms with Gasteiger partial charge >= 0.3 is 0 Å². The van der Waals surface area contributed by atoms with Crippen LogP contribution in [0, 0.1) is 5.92 Å². The number of carbonyl (C=O) groups excluding carboxylic acids is 1. The smallest absolute Gasteiger partial charge is 0.267 e. The maximum atomic E-state index is 11.0. The van der Waals surface area contributed by atoms with Crippen molar-refractivity contribution >= 4 is 17.8 Å². The number of rotatable bonds is 7. The van der Waals surface area contributed by atoms with Gasteiger partial charge in [-0.2, -0.15) is 0 Å². The highest BCUT2D eigenvalue weighted by molar-refractivity contribution is 5.90. The second-order valence-electron chi connectivity index (χ2n) is 7.16. The monoisotopic (exact) mass is 345 g/mol. The van der Waals surface area contributed by atoms with Crippen molar-refractivity contribution in [3.05, 3.63) is 24.2 Å². The van der Waals surface area contributed by atoms with Gasteiger partial charge in [-0.1, -0.05) is 25.7 Å². The van der Waals surface area contributed by atoms with Gasteiger partial charge in [-0.25, -0.2) is 10.5 Å². The zero-order chi connectivity index (χ0) is 17.5. The SMILES string of the molecule is O=C(/C=C/c1cnc(N[C@]2(CCC3CCCC3)CCNC2)cn1)NO. The van der Waals surface area contributed by atoms with Gasteiger partial charge in [-0.15, -0.1) is 0 Å². The molecule has 7 heteroatoms. The fourth-order valence-corrected chi connectivity index (χ4v) is 3.86. The minimum atomic E-state index is -0.591. The molecule has 0 spiro atoms. The first-order chi connectivity index (χ1) is 12.2. The number of anilines is 1. The van der Waals surface area contributed by atoms with Crippen LogP contribution in [0.2, 0.25) is 0 Å². The number of nitrogens with zero attached hydrogens (tertiary/aromatic N) is 2. The number of amides is 1. The van der Waals surface area contributed by atoms with E-state index in [0.717, 1.165) is 37.7 Å². The van der Waals surface area contributed by atoms with Gasteiger partial charge in [0.25, 0.3) is 5.91 Å². The van der Waals surface area contributed by atoms with Gasteiger partial charge in [0.1, 0.15) is 5.82 Å². The number of nitrogens with one attached hydrogen (secondary N) is 3. The summed E-state index contributed by atoms with van der Waals surface area (Å²) in [5, 5.41) is 15.5. The molecule has 1 saturated carbocycles. The quantitative estimate of drug-likeness (QED) is 0.343. The minimum absolute atomic E-state index is 0.0609. The average molecular weight is 345 g/mol. The molecule has 1 aromatic heterocycles. The zero-order valence-electron chi connectivity index (χ0n) is 14.5. The van der Waals surface area contributed by atoms with E-state index in [1.807, 2.05) is 0 Å². The lowest BCUT2D eigenvalue weighted by molar-refractivity contribution is -0.124. The second kappa shape index (κ2) is 8.40. The molecule has 0 radical (unpaired) electrons. The molecule has 1 aliphatic carbocycles. The first-order valence-corrected chi connectivity index (χ1v) is 9.12. The maximum absolute atomic E-state index is 11.0. The van der Waals surface area contributed by atoms with Gasteiger partial charge in [0, 0.05) is 12.6 Å². The summed E-state index contributed by atoms with van der Waals surface area (Å²) in [6.07, 6.45) is 15.1. The summed E-state index contributed by atoms with van der Waals surface area (Å²) in [6, 6.07) is 0. The number of hydrogen-bond donors (Lipinski definition) is 4. The van der Waals surface area contributed by atoms with E-state index in [2.05, 4.69) is 20.6 Å². The third-order valence-corrected chi connectivity index (χ3v) is 5.33. The first kappa shape index (κ1) is 17.8. The molecule has 0 bridgehead atoms. The summed E-state index contributed by atoms with van der Waals surface area (Å²) in [7, 11) is 0. The molecule has 1 amide bonds. The molecule has 1 saturated heterocycles. The predicted octanol–water partition coefficient (Wildman–Crippen LogP) is 2.11. The van der Waals surface area contributed by atoms with Crippen LogP contribution < -0.4 is 16.1 Å². The zero-order valence-corrected chi connectivity index (χ0v) is 14.5. The molecule has 1 atom stereocenters. The van der Waals surface area contributed by atoms with Crippen LogP contribution in [-0.2, 0) is 4.79 Å². The van der Waals surface area contributed by atoms with Gasteiger partial charge in [-0.05, 0) is 37.8 Å². The molecule has 0 aromatic carbocycles. The molecule has 0 unspecified atom stereocenters. The van der Waals surface area contributed by atoms with E-state index in [9.17, 15) is 4.79 Å². The molecular weight excluding hydrogens is 318 g/mol. The Morgan fingerprint density at radius 2 is 2.20 bits per heavy atom. The van der Waals surface area contributed by atoms with Crippen molar-refractivity contribution in [3.8, 4) is 0 Å². The van der Waals surface area contributed by atoms with Crippen molar-refractivity contribution in [2.45, 2.75) is 50.5 Å². The predicted molar refractivity (Wildman–Crippen MR) is 96.0 cm³/mol. The number of hydrogen-bond acceptors (Lipinski definition) is 6. The Hall–Kier alpha value is -1.99. The van der Waals surface area contributed by atoms with Crippen molar-refractivity contribution in [1.29, 1.82) is 0 Å². The van der Waals surface area contributed by atoms with Crippen LogP contribution in [0.3, 0.4) is 0 Å². The number of hydroxylamine groups is 1. The van der Waals surface area contributed by atoms with E-state index in [1.54, 1.807) is 17.9 Å². The van der Waals surface area contributed by atoms with Crippen LogP contribution in [0.5, 0.6) is 0 Å². The van der Waals surface area contributed by atoms with Gasteiger partial charge in [0.15, 0.2) is 0 Å². The fraction of sp³-hybridized carbons (Fsp3) is 0.611. The van der Waals surface area contributed by atoms with E-state index in [1.165, 1.54) is 44.3 Å². The van der Waals surface area contributed by atoms with E-state index >= 15 is 0 Å². The lowest BCUT2D eigenvalue weighted by Gasteiger charge is -2.31. The van der Waals surface area contributed by atoms with Crippen molar-refractivity contribution in [1.82, 2.24) is 20.8 Å². The molecule has 1 aromatic rings. The summed E-state index contributed by atoms with van der Waals surface area (Å²) < 4.78 is 0. The molecule has 136 valence electrons. The Labute approximate surface area is 148 Å². The number of carbonyl (C=O) groups is 1. The average Bonchev–Trinajstić information content (AvgIpc) is 3.31. The highest BCUT2D eigenvalue weighted by atomic mass is 16.5. The third-order valence-electron chi connectivity index (χ3n) is 5.33. The molecular formula is C18H27N5O2. The van der Waals surface area contributed by atoms with Crippen molar-refractivity contribution in [2.75, 3.05) is 18.4 Å². The topological polar surface area (TPSA) is 99.2 Å². The van der Waals surface area contributed by atoms with Crippen LogP contribution in [0.1, 0.15) is 50.6 Å². The van der Waals surface area contributed by atoms with Gasteiger partial charge in [0.2, 0.25) is 0 Å². The van der Waals surface area contributed by atoms with Crippen LogP contribution in [0.15, 0.2) is 18.5 Å². The van der Waals surface area contributed by atoms with Crippen molar-refractivity contribution in [2.24, 2.45) is 5.92 Å². The van der Waals surface area contributed by atoms with Crippen LogP contribution in [0.4, 0.5) is 5.82 Å². The third kappa shape index (κ3) is 4.99. The summed E-state index contributed by atoms with van der Waals surface area (Å²) in [5.74, 6) is 1.06. The van der Waals surface area contributed by atoms with Crippen LogP contribution in [0.25, 0.3) is 6.08 Å². The second-order valence-corrected chi connectivity index (χ2v) is 7.16. The van der Waals surface area contributed by atoms with E-state index in [-0.39, 0.29) is 5.54 Å². The lowest BCUT2D eigenvalue weighted by Crippen LogP contribution is -2.41. The van der Waals surface area contributed by atoms with Crippen molar-refractivity contribution < 1.29 is 10.0 Å². The normalized spacial score (nSPS) is 24.0. The summed E-state index contributed by atoms with van der Waals surface area (Å²) >= 11 is 0. The van der Waals surface area contributed by atoms with Gasteiger partial charge in [-0.3, -0.25) is 15.0 Å². The summed E-state index contributed by atoms with van der Waals surface area (Å²) in [4.78, 5) is 19.7. The van der Waals surface area contributed by atoms with Gasteiger partial charge in [0.05, 0.1) is 23.6 Å². The fourth-order valence-electron chi connectivity index (χ4n) is 3.86. The molecule has 25 heavy (non-hydrogen) atoms. The summed E-state index contributed by atoms with van der Waals surface area (Å²) in [5.41, 5.74) is 2.17. The minimum Gasteiger partial charge on any atom is -0.362 e. The molecule has 2 aliphatic rings. The summed E-state index contributed by atoms with van der Waals surface area (Å²) in [6.45, 7) is 1.99. The van der Waals surface area contributed by atoms with Crippen LogP contribution in [-0.4, -0.2) is 39.7 Å². The van der Waals surface area contributed by atoms with Crippen molar-refractivity contribution in [3.63, 3.8) is 0 Å². The van der Waals surface area contributed by atoms with E-state index in [4.69, 9.17) is 5.21 Å². The Kier molecular flexibility index (Phi) is 5.99. The maximum Gasteiger partial charge on any atom is 0.267 e. The lowest BCUT2D eigenvalue weighted by atomic mass is 9.87. The Balaban J connectivity index is 1.59. The van der Waals surface area contributed by atoms with Gasteiger partial charge < -0.3 is 10.6 Å². The highest BCUT2D eigenvalue weighted by Gasteiger charge is 2.34. The Morgan fingerprint density at radius 3 is 2.84 bits per heavy atom. The Bertz CT molecular complexity index is 590. The molecule has 3 rings (SSSR count). The molecule has 2 heterocycles. The number of aromatic nitrogens is 2. The molecule has 1 aliphatic heterocycles. The molecule has 2 fully saturated rings. The largest absolute Gasteiger partial charge is 0.362 e. The first-order valence-electron chi connectivity index (χ1n) is 9.12. The molecule has 7 nitrogen and oxygen atoms in total. The Morgan fingerprint density at radius 1 is 1.36 bits per heavy atom. The standard InChI is InChI=1S/C18H27N5O2/c24-17(23-25)6-5-15-11-21-16(12-20-15)22-18(9-10-19-13-18)8-7-14-3-1-2-4-14/h5-6,11-12,14,19,25H,1-4,7-10,13H2,(H,21,22)(H,23,24)/b6-5+/t18-/m1/s1. The highest BCUT2D eigenvalue weighted by Crippen LogP contribution is 2.33. The van der Waals surface area contributed by atoms with E-state index in [0.29, 0.717) is 5.69 Å². The van der Waals surface area contributed by atoms with E-state index < -0.39 is 5.91 Å². The van der Waals surface area contributed by atoms with Crippen LogP contribution >= 0.6 is 0 Å².